The van der Waals surface area contributed by atoms with Crippen molar-refractivity contribution < 1.29 is 4.79 Å². The van der Waals surface area contributed by atoms with Gasteiger partial charge in [0.25, 0.3) is 0 Å². The maximum atomic E-state index is 11.7. The Morgan fingerprint density at radius 2 is 1.76 bits per heavy atom. The van der Waals surface area contributed by atoms with E-state index in [0.29, 0.717) is 6.54 Å². The Bertz CT molecular complexity index is 555. The Morgan fingerprint density at radius 3 is 2.48 bits per heavy atom. The first kappa shape index (κ1) is 15.4. The number of benzene rings is 2. The molecule has 0 unspecified atom stereocenters. The minimum absolute atomic E-state index is 0.155. The quantitative estimate of drug-likeness (QED) is 0.790. The topological polar surface area (TPSA) is 41.1 Å². The predicted octanol–water partition coefficient (Wildman–Crippen LogP) is 4.05. The summed E-state index contributed by atoms with van der Waals surface area (Å²) in [5.41, 5.74) is 3.41. The smallest absolute Gasteiger partial charge is 0.319 e. The van der Waals surface area contributed by atoms with Crippen LogP contribution in [0.3, 0.4) is 0 Å². The maximum Gasteiger partial charge on any atom is 0.319 e. The van der Waals surface area contributed by atoms with Crippen molar-refractivity contribution in [2.24, 2.45) is 0 Å². The van der Waals surface area contributed by atoms with Crippen LogP contribution in [-0.2, 0) is 5.75 Å². The van der Waals surface area contributed by atoms with Crippen LogP contribution >= 0.6 is 11.8 Å². The van der Waals surface area contributed by atoms with Crippen molar-refractivity contribution >= 4 is 23.5 Å². The minimum Gasteiger partial charge on any atom is -0.337 e. The molecule has 0 saturated carbocycles. The van der Waals surface area contributed by atoms with Crippen LogP contribution in [-0.4, -0.2) is 18.3 Å². The number of hydrogen-bond donors (Lipinski definition) is 2. The number of anilines is 1. The molecule has 21 heavy (non-hydrogen) atoms. The molecule has 0 saturated heterocycles. The third kappa shape index (κ3) is 5.92. The van der Waals surface area contributed by atoms with Gasteiger partial charge in [-0.1, -0.05) is 48.0 Å². The number of amides is 2. The van der Waals surface area contributed by atoms with Crippen LogP contribution in [0.1, 0.15) is 11.1 Å². The summed E-state index contributed by atoms with van der Waals surface area (Å²) in [5, 5.41) is 5.65. The molecule has 0 heterocycles. The van der Waals surface area contributed by atoms with Gasteiger partial charge in [0.1, 0.15) is 0 Å². The van der Waals surface area contributed by atoms with Crippen molar-refractivity contribution in [1.29, 1.82) is 0 Å². The van der Waals surface area contributed by atoms with Gasteiger partial charge in [-0.15, -0.1) is 0 Å². The van der Waals surface area contributed by atoms with Gasteiger partial charge in [0, 0.05) is 23.7 Å². The highest BCUT2D eigenvalue weighted by molar-refractivity contribution is 7.98. The Kier molecular flexibility index (Phi) is 6.16. The van der Waals surface area contributed by atoms with Crippen LogP contribution in [0.5, 0.6) is 0 Å². The van der Waals surface area contributed by atoms with E-state index in [0.717, 1.165) is 17.2 Å². The third-order valence-electron chi connectivity index (χ3n) is 2.95. The summed E-state index contributed by atoms with van der Waals surface area (Å²) < 4.78 is 0. The van der Waals surface area contributed by atoms with Crippen molar-refractivity contribution in [3.05, 3.63) is 65.7 Å². The first-order chi connectivity index (χ1) is 10.2. The molecule has 2 rings (SSSR count). The highest BCUT2D eigenvalue weighted by atomic mass is 32.2. The zero-order valence-corrected chi connectivity index (χ0v) is 13.0. The molecule has 2 aromatic carbocycles. The highest BCUT2D eigenvalue weighted by Gasteiger charge is 2.00. The molecule has 2 N–H and O–H groups in total. The van der Waals surface area contributed by atoms with Gasteiger partial charge in [0.2, 0.25) is 0 Å². The molecule has 0 bridgehead atoms. The van der Waals surface area contributed by atoms with Crippen molar-refractivity contribution in [3.63, 3.8) is 0 Å². The minimum atomic E-state index is -0.155. The fourth-order valence-electron chi connectivity index (χ4n) is 1.81. The molecular formula is C17H20N2OS. The lowest BCUT2D eigenvalue weighted by Crippen LogP contribution is -2.30. The SMILES string of the molecule is Cc1ccc(CSCCNC(=O)Nc2ccccc2)cc1. The molecule has 2 amide bonds. The van der Waals surface area contributed by atoms with E-state index in [4.69, 9.17) is 0 Å². The second kappa shape index (κ2) is 8.37. The number of hydrogen-bond acceptors (Lipinski definition) is 2. The van der Waals surface area contributed by atoms with Crippen LogP contribution in [0.4, 0.5) is 10.5 Å². The average Bonchev–Trinajstić information content (AvgIpc) is 2.50. The molecule has 0 aliphatic rings. The maximum absolute atomic E-state index is 11.7. The van der Waals surface area contributed by atoms with Crippen molar-refractivity contribution in [2.75, 3.05) is 17.6 Å². The molecule has 0 radical (unpaired) electrons. The summed E-state index contributed by atoms with van der Waals surface area (Å²) in [6.07, 6.45) is 0. The molecule has 0 aromatic heterocycles. The molecular weight excluding hydrogens is 280 g/mol. The molecule has 0 aliphatic carbocycles. The summed E-state index contributed by atoms with van der Waals surface area (Å²) in [4.78, 5) is 11.7. The largest absolute Gasteiger partial charge is 0.337 e. The second-order valence-electron chi connectivity index (χ2n) is 4.79. The summed E-state index contributed by atoms with van der Waals surface area (Å²) in [7, 11) is 0. The average molecular weight is 300 g/mol. The number of thioether (sulfide) groups is 1. The van der Waals surface area contributed by atoms with E-state index in [1.54, 1.807) is 0 Å². The first-order valence-electron chi connectivity index (χ1n) is 6.97. The van der Waals surface area contributed by atoms with Crippen LogP contribution < -0.4 is 10.6 Å². The standard InChI is InChI=1S/C17H20N2OS/c1-14-7-9-15(10-8-14)13-21-12-11-18-17(20)19-16-5-3-2-4-6-16/h2-10H,11-13H2,1H3,(H2,18,19,20). The molecule has 0 aliphatic heterocycles. The van der Waals surface area contributed by atoms with Gasteiger partial charge in [-0.3, -0.25) is 0 Å². The number of rotatable bonds is 6. The number of aryl methyl sites for hydroxylation is 1. The molecule has 2 aromatic rings. The Balaban J connectivity index is 1.59. The number of carbonyl (C=O) groups excluding carboxylic acids is 1. The lowest BCUT2D eigenvalue weighted by Gasteiger charge is -2.07. The van der Waals surface area contributed by atoms with E-state index in [9.17, 15) is 4.79 Å². The van der Waals surface area contributed by atoms with Crippen molar-refractivity contribution in [1.82, 2.24) is 5.32 Å². The zero-order valence-electron chi connectivity index (χ0n) is 12.1. The summed E-state index contributed by atoms with van der Waals surface area (Å²) in [6, 6.07) is 17.8. The number of nitrogens with one attached hydrogen (secondary N) is 2. The van der Waals surface area contributed by atoms with Gasteiger partial charge in [0.15, 0.2) is 0 Å². The predicted molar refractivity (Wildman–Crippen MR) is 90.8 cm³/mol. The van der Waals surface area contributed by atoms with E-state index < -0.39 is 0 Å². The summed E-state index contributed by atoms with van der Waals surface area (Å²) in [6.45, 7) is 2.75. The van der Waals surface area contributed by atoms with E-state index in [1.165, 1.54) is 11.1 Å². The van der Waals surface area contributed by atoms with E-state index in [2.05, 4.69) is 41.8 Å². The number of carbonyl (C=O) groups is 1. The Labute approximate surface area is 130 Å². The number of para-hydroxylation sites is 1. The third-order valence-corrected chi connectivity index (χ3v) is 3.98. The monoisotopic (exact) mass is 300 g/mol. The van der Waals surface area contributed by atoms with E-state index in [1.807, 2.05) is 42.1 Å². The van der Waals surface area contributed by atoms with Crippen molar-refractivity contribution in [3.8, 4) is 0 Å². The summed E-state index contributed by atoms with van der Waals surface area (Å²) in [5.74, 6) is 1.87. The fourth-order valence-corrected chi connectivity index (χ4v) is 2.63. The number of urea groups is 1. The molecule has 0 fully saturated rings. The van der Waals surface area contributed by atoms with Gasteiger partial charge in [-0.25, -0.2) is 4.79 Å². The van der Waals surface area contributed by atoms with E-state index >= 15 is 0 Å². The fraction of sp³-hybridized carbons (Fsp3) is 0.235. The lowest BCUT2D eigenvalue weighted by atomic mass is 10.2. The van der Waals surface area contributed by atoms with Crippen LogP contribution in [0, 0.1) is 6.92 Å². The van der Waals surface area contributed by atoms with E-state index in [-0.39, 0.29) is 6.03 Å². The van der Waals surface area contributed by atoms with Gasteiger partial charge >= 0.3 is 6.03 Å². The lowest BCUT2D eigenvalue weighted by molar-refractivity contribution is 0.252. The van der Waals surface area contributed by atoms with Gasteiger partial charge in [-0.2, -0.15) is 11.8 Å². The Morgan fingerprint density at radius 1 is 1.05 bits per heavy atom. The first-order valence-corrected chi connectivity index (χ1v) is 8.13. The molecule has 0 atom stereocenters. The molecule has 4 heteroatoms. The summed E-state index contributed by atoms with van der Waals surface area (Å²) >= 11 is 1.82. The highest BCUT2D eigenvalue weighted by Crippen LogP contribution is 2.12. The van der Waals surface area contributed by atoms with Crippen molar-refractivity contribution in [2.45, 2.75) is 12.7 Å². The second-order valence-corrected chi connectivity index (χ2v) is 5.89. The zero-order chi connectivity index (χ0) is 14.9. The molecule has 0 spiro atoms. The van der Waals surface area contributed by atoms with Crippen LogP contribution in [0.25, 0.3) is 0 Å². The Hall–Kier alpha value is -1.94. The normalized spacial score (nSPS) is 10.1. The van der Waals surface area contributed by atoms with Gasteiger partial charge in [-0.05, 0) is 24.6 Å². The molecule has 3 nitrogen and oxygen atoms in total. The van der Waals surface area contributed by atoms with Crippen LogP contribution in [0.2, 0.25) is 0 Å². The van der Waals surface area contributed by atoms with Gasteiger partial charge in [0.05, 0.1) is 0 Å². The van der Waals surface area contributed by atoms with Gasteiger partial charge < -0.3 is 10.6 Å². The molecule has 110 valence electrons. The van der Waals surface area contributed by atoms with Crippen LogP contribution in [0.15, 0.2) is 54.6 Å².